The van der Waals surface area contributed by atoms with Crippen molar-refractivity contribution in [3.8, 4) is 0 Å². The van der Waals surface area contributed by atoms with Gasteiger partial charge in [0.1, 0.15) is 0 Å². The number of nitrogens with one attached hydrogen (secondary N) is 1. The Kier molecular flexibility index (Phi) is 6.81. The first-order chi connectivity index (χ1) is 8.91. The van der Waals surface area contributed by atoms with Gasteiger partial charge in [0.15, 0.2) is 0 Å². The van der Waals surface area contributed by atoms with Gasteiger partial charge in [-0.05, 0) is 60.8 Å². The van der Waals surface area contributed by atoms with Gasteiger partial charge in [-0.3, -0.25) is 0 Å². The number of methoxy groups -OCH3 is 1. The van der Waals surface area contributed by atoms with Crippen LogP contribution in [-0.4, -0.2) is 19.3 Å². The van der Waals surface area contributed by atoms with E-state index in [0.29, 0.717) is 0 Å². The van der Waals surface area contributed by atoms with Gasteiger partial charge in [0, 0.05) is 17.6 Å². The molecule has 4 heteroatoms. The van der Waals surface area contributed by atoms with E-state index in [2.05, 4.69) is 48.1 Å². The molecule has 0 saturated carbocycles. The van der Waals surface area contributed by atoms with Gasteiger partial charge >= 0.3 is 0 Å². The van der Waals surface area contributed by atoms with Crippen molar-refractivity contribution in [1.29, 1.82) is 0 Å². The fourth-order valence-electron chi connectivity index (χ4n) is 2.00. The fourth-order valence-corrected chi connectivity index (χ4v) is 2.64. The van der Waals surface area contributed by atoms with E-state index in [1.54, 1.807) is 7.11 Å². The van der Waals surface area contributed by atoms with Crippen molar-refractivity contribution in [2.75, 3.05) is 13.7 Å². The van der Waals surface area contributed by atoms with Crippen LogP contribution in [0.5, 0.6) is 0 Å². The number of rotatable bonds is 7. The van der Waals surface area contributed by atoms with Crippen molar-refractivity contribution in [3.63, 3.8) is 0 Å². The summed E-state index contributed by atoms with van der Waals surface area (Å²) in [7, 11) is 1.76. The Morgan fingerprint density at radius 3 is 2.68 bits per heavy atom. The number of hydrogen-bond donors (Lipinski definition) is 1. The monoisotopic (exact) mass is 347 g/mol. The maximum absolute atomic E-state index is 6.39. The smallest absolute Gasteiger partial charge is 0.0623 e. The highest BCUT2D eigenvalue weighted by atomic mass is 79.9. The van der Waals surface area contributed by atoms with Crippen molar-refractivity contribution in [2.45, 2.75) is 45.3 Å². The van der Waals surface area contributed by atoms with Crippen LogP contribution in [0.3, 0.4) is 0 Å². The third kappa shape index (κ3) is 5.07. The molecule has 2 nitrogen and oxygen atoms in total. The quantitative estimate of drug-likeness (QED) is 0.752. The molecular weight excluding hydrogens is 326 g/mol. The summed E-state index contributed by atoms with van der Waals surface area (Å²) in [6.07, 6.45) is 1.97. The lowest BCUT2D eigenvalue weighted by atomic mass is 9.95. The minimum atomic E-state index is -0.105. The molecule has 19 heavy (non-hydrogen) atoms. The standard InChI is InChI=1S/C15H23BrClNO/c1-5-18-13(9-10-15(2,3)19-4)11-7-6-8-12(16)14(11)17/h6-8,13,18H,5,9-10H2,1-4H3. The van der Waals surface area contributed by atoms with Gasteiger partial charge in [-0.1, -0.05) is 30.7 Å². The predicted octanol–water partition coefficient (Wildman–Crippen LogP) is 4.96. The van der Waals surface area contributed by atoms with Gasteiger partial charge < -0.3 is 10.1 Å². The Balaban J connectivity index is 2.85. The number of benzene rings is 1. The lowest BCUT2D eigenvalue weighted by molar-refractivity contribution is 0.0117. The van der Waals surface area contributed by atoms with Crippen LogP contribution in [-0.2, 0) is 4.74 Å². The molecule has 0 bridgehead atoms. The molecule has 0 spiro atoms. The Bertz CT molecular complexity index is 409. The Labute approximate surface area is 130 Å². The van der Waals surface area contributed by atoms with E-state index in [9.17, 15) is 0 Å². The van der Waals surface area contributed by atoms with Gasteiger partial charge in [-0.2, -0.15) is 0 Å². The zero-order chi connectivity index (χ0) is 14.5. The first-order valence-electron chi connectivity index (χ1n) is 6.63. The summed E-state index contributed by atoms with van der Waals surface area (Å²) in [4.78, 5) is 0. The van der Waals surface area contributed by atoms with E-state index in [1.807, 2.05) is 12.1 Å². The van der Waals surface area contributed by atoms with Crippen molar-refractivity contribution in [2.24, 2.45) is 0 Å². The maximum Gasteiger partial charge on any atom is 0.0623 e. The summed E-state index contributed by atoms with van der Waals surface area (Å²) < 4.78 is 6.43. The van der Waals surface area contributed by atoms with E-state index in [4.69, 9.17) is 16.3 Å². The minimum Gasteiger partial charge on any atom is -0.379 e. The Morgan fingerprint density at radius 2 is 2.11 bits per heavy atom. The van der Waals surface area contributed by atoms with Crippen LogP contribution in [0.2, 0.25) is 5.02 Å². The van der Waals surface area contributed by atoms with Crippen molar-refractivity contribution < 1.29 is 4.74 Å². The van der Waals surface area contributed by atoms with E-state index < -0.39 is 0 Å². The van der Waals surface area contributed by atoms with Gasteiger partial charge in [0.25, 0.3) is 0 Å². The second-order valence-corrected chi connectivity index (χ2v) is 6.49. The summed E-state index contributed by atoms with van der Waals surface area (Å²) in [5.74, 6) is 0. The average Bonchev–Trinajstić information content (AvgIpc) is 2.38. The second-order valence-electron chi connectivity index (χ2n) is 5.26. The molecule has 0 amide bonds. The molecule has 0 heterocycles. The SMILES string of the molecule is CCNC(CCC(C)(C)OC)c1cccc(Br)c1Cl. The zero-order valence-corrected chi connectivity index (χ0v) is 14.4. The number of ether oxygens (including phenoxy) is 1. The van der Waals surface area contributed by atoms with E-state index >= 15 is 0 Å². The molecule has 0 radical (unpaired) electrons. The average molecular weight is 349 g/mol. The Morgan fingerprint density at radius 1 is 1.42 bits per heavy atom. The molecule has 1 aromatic rings. The Hall–Kier alpha value is -0.0900. The van der Waals surface area contributed by atoms with Crippen LogP contribution in [0, 0.1) is 0 Å². The van der Waals surface area contributed by atoms with Gasteiger partial charge in [0.2, 0.25) is 0 Å². The zero-order valence-electron chi connectivity index (χ0n) is 12.1. The molecule has 0 aliphatic heterocycles. The molecule has 1 unspecified atom stereocenters. The summed E-state index contributed by atoms with van der Waals surface area (Å²) in [6.45, 7) is 7.25. The first-order valence-corrected chi connectivity index (χ1v) is 7.81. The molecule has 0 aliphatic carbocycles. The highest BCUT2D eigenvalue weighted by Crippen LogP contribution is 2.33. The van der Waals surface area contributed by atoms with Gasteiger partial charge in [0.05, 0.1) is 10.6 Å². The van der Waals surface area contributed by atoms with Crippen LogP contribution in [0.25, 0.3) is 0 Å². The van der Waals surface area contributed by atoms with Crippen molar-refractivity contribution >= 4 is 27.5 Å². The van der Waals surface area contributed by atoms with E-state index in [-0.39, 0.29) is 11.6 Å². The normalized spacial score (nSPS) is 13.6. The molecule has 1 aromatic carbocycles. The predicted molar refractivity (Wildman–Crippen MR) is 85.9 cm³/mol. The van der Waals surface area contributed by atoms with Crippen LogP contribution in [0.15, 0.2) is 22.7 Å². The molecule has 108 valence electrons. The lowest BCUT2D eigenvalue weighted by Crippen LogP contribution is -2.27. The second kappa shape index (κ2) is 7.63. The van der Waals surface area contributed by atoms with Crippen molar-refractivity contribution in [3.05, 3.63) is 33.3 Å². The van der Waals surface area contributed by atoms with Crippen LogP contribution in [0.1, 0.15) is 45.2 Å². The van der Waals surface area contributed by atoms with Gasteiger partial charge in [-0.15, -0.1) is 0 Å². The fraction of sp³-hybridized carbons (Fsp3) is 0.600. The van der Waals surface area contributed by atoms with Crippen molar-refractivity contribution in [1.82, 2.24) is 5.32 Å². The minimum absolute atomic E-state index is 0.105. The summed E-state index contributed by atoms with van der Waals surface area (Å²) in [5, 5.41) is 4.30. The topological polar surface area (TPSA) is 21.3 Å². The number of hydrogen-bond acceptors (Lipinski definition) is 2. The molecule has 0 fully saturated rings. The summed E-state index contributed by atoms with van der Waals surface area (Å²) >= 11 is 9.87. The molecule has 1 rings (SSSR count). The molecular formula is C15H23BrClNO. The van der Waals surface area contributed by atoms with E-state index in [0.717, 1.165) is 34.4 Å². The molecule has 1 N–H and O–H groups in total. The summed E-state index contributed by atoms with van der Waals surface area (Å²) in [5.41, 5.74) is 1.04. The molecule has 0 aromatic heterocycles. The van der Waals surface area contributed by atoms with Crippen LogP contribution >= 0.6 is 27.5 Å². The molecule has 0 saturated heterocycles. The van der Waals surface area contributed by atoms with E-state index in [1.165, 1.54) is 0 Å². The first kappa shape index (κ1) is 17.0. The highest BCUT2D eigenvalue weighted by Gasteiger charge is 2.21. The highest BCUT2D eigenvalue weighted by molar-refractivity contribution is 9.10. The maximum atomic E-state index is 6.39. The largest absolute Gasteiger partial charge is 0.379 e. The number of halogens is 2. The molecule has 1 atom stereocenters. The lowest BCUT2D eigenvalue weighted by Gasteiger charge is -2.27. The van der Waals surface area contributed by atoms with Crippen LogP contribution < -0.4 is 5.32 Å². The molecule has 0 aliphatic rings. The third-order valence-electron chi connectivity index (χ3n) is 3.40. The third-order valence-corrected chi connectivity index (χ3v) is 4.71. The van der Waals surface area contributed by atoms with Gasteiger partial charge in [-0.25, -0.2) is 0 Å². The summed E-state index contributed by atoms with van der Waals surface area (Å²) in [6, 6.07) is 6.33. The van der Waals surface area contributed by atoms with Crippen LogP contribution in [0.4, 0.5) is 0 Å².